The van der Waals surface area contributed by atoms with Crippen LogP contribution in [0, 0.1) is 11.3 Å². The molecular formula is C48H34N4. The van der Waals surface area contributed by atoms with Crippen molar-refractivity contribution in [2.24, 2.45) is 0 Å². The van der Waals surface area contributed by atoms with E-state index in [1.54, 1.807) is 0 Å². The van der Waals surface area contributed by atoms with Gasteiger partial charge in [-0.05, 0) is 83.8 Å². The summed E-state index contributed by atoms with van der Waals surface area (Å²) in [6.45, 7) is 6.30. The fourth-order valence-electron chi connectivity index (χ4n) is 7.68. The predicted molar refractivity (Wildman–Crippen MR) is 218 cm³/mol. The van der Waals surface area contributed by atoms with Gasteiger partial charge in [-0.1, -0.05) is 122 Å². The number of hydrogen-bond donors (Lipinski definition) is 1. The smallest absolute Gasteiger partial charge is 0.104 e. The number of rotatable bonds is 7. The first-order chi connectivity index (χ1) is 25.6. The third kappa shape index (κ3) is 4.99. The van der Waals surface area contributed by atoms with Gasteiger partial charge in [-0.15, -0.1) is 0 Å². The molecule has 0 saturated heterocycles. The van der Waals surface area contributed by atoms with Crippen LogP contribution in [-0.4, -0.2) is 9.13 Å². The highest BCUT2D eigenvalue weighted by Gasteiger charge is 2.25. The summed E-state index contributed by atoms with van der Waals surface area (Å²) in [5.41, 5.74) is 12.4. The van der Waals surface area contributed by atoms with E-state index >= 15 is 0 Å². The lowest BCUT2D eigenvalue weighted by atomic mass is 10.0. The van der Waals surface area contributed by atoms with Gasteiger partial charge < -0.3 is 14.5 Å². The van der Waals surface area contributed by atoms with Crippen LogP contribution >= 0.6 is 0 Å². The predicted octanol–water partition coefficient (Wildman–Crippen LogP) is 12.6. The van der Waals surface area contributed by atoms with Crippen LogP contribution in [0.3, 0.4) is 0 Å². The second-order valence-electron chi connectivity index (χ2n) is 13.0. The van der Waals surface area contributed by atoms with Gasteiger partial charge in [0, 0.05) is 32.9 Å². The summed E-state index contributed by atoms with van der Waals surface area (Å²) < 4.78 is 4.52. The standard InChI is InChI=1S/C48H34N4/c1-3-15-32(2)50-47-42(31-49)48-41(38-22-13-14-23-43(38)51(48)37-20-11-6-12-21-37)30-46(47)52-44-26-24-35(33-16-7-4-8-17-33)28-39(44)40-29-36(25-27-45(40)52)34-18-9-5-10-19-34/h3-30,50H,2H2,1H3/b15-3-. The quantitative estimate of drug-likeness (QED) is 0.172. The number of anilines is 1. The Kier molecular flexibility index (Phi) is 7.53. The minimum Gasteiger partial charge on any atom is -0.353 e. The second-order valence-corrected chi connectivity index (χ2v) is 13.0. The van der Waals surface area contributed by atoms with E-state index in [0.29, 0.717) is 16.9 Å². The summed E-state index contributed by atoms with van der Waals surface area (Å²) in [7, 11) is 0. The number of nitrogens with zero attached hydrogens (tertiary/aromatic N) is 3. The maximum Gasteiger partial charge on any atom is 0.104 e. The van der Waals surface area contributed by atoms with Crippen LogP contribution in [0.1, 0.15) is 12.5 Å². The summed E-state index contributed by atoms with van der Waals surface area (Å²) in [6.07, 6.45) is 3.89. The van der Waals surface area contributed by atoms with Gasteiger partial charge in [0.1, 0.15) is 11.6 Å². The van der Waals surface area contributed by atoms with E-state index in [-0.39, 0.29) is 0 Å². The van der Waals surface area contributed by atoms with Crippen molar-refractivity contribution in [3.05, 3.63) is 188 Å². The Labute approximate surface area is 302 Å². The molecule has 1 N–H and O–H groups in total. The largest absolute Gasteiger partial charge is 0.353 e. The molecule has 2 aromatic heterocycles. The van der Waals surface area contributed by atoms with E-state index < -0.39 is 0 Å². The lowest BCUT2D eigenvalue weighted by Crippen LogP contribution is -2.07. The highest BCUT2D eigenvalue weighted by molar-refractivity contribution is 6.16. The van der Waals surface area contributed by atoms with Gasteiger partial charge in [-0.3, -0.25) is 0 Å². The maximum absolute atomic E-state index is 11.2. The zero-order valence-corrected chi connectivity index (χ0v) is 28.7. The van der Waals surface area contributed by atoms with Crippen molar-refractivity contribution in [1.29, 1.82) is 5.26 Å². The van der Waals surface area contributed by atoms with Gasteiger partial charge in [0.05, 0.1) is 33.4 Å². The van der Waals surface area contributed by atoms with E-state index in [9.17, 15) is 5.26 Å². The third-order valence-electron chi connectivity index (χ3n) is 9.94. The summed E-state index contributed by atoms with van der Waals surface area (Å²) in [4.78, 5) is 0. The fraction of sp³-hybridized carbons (Fsp3) is 0.0208. The van der Waals surface area contributed by atoms with E-state index in [1.165, 1.54) is 0 Å². The molecule has 0 atom stereocenters. The summed E-state index contributed by atoms with van der Waals surface area (Å²) >= 11 is 0. The van der Waals surface area contributed by atoms with Crippen molar-refractivity contribution >= 4 is 49.3 Å². The lowest BCUT2D eigenvalue weighted by Gasteiger charge is -2.19. The van der Waals surface area contributed by atoms with Crippen molar-refractivity contribution in [2.75, 3.05) is 5.32 Å². The maximum atomic E-state index is 11.2. The molecule has 9 aromatic rings. The molecule has 7 aromatic carbocycles. The zero-order chi connectivity index (χ0) is 35.2. The van der Waals surface area contributed by atoms with Crippen LogP contribution in [0.2, 0.25) is 0 Å². The molecule has 9 rings (SSSR count). The summed E-state index contributed by atoms with van der Waals surface area (Å²) in [6, 6.07) is 58.0. The zero-order valence-electron chi connectivity index (χ0n) is 28.7. The molecule has 0 bridgehead atoms. The molecule has 0 aliphatic heterocycles. The highest BCUT2D eigenvalue weighted by atomic mass is 15.0. The first-order valence-electron chi connectivity index (χ1n) is 17.5. The monoisotopic (exact) mass is 666 g/mol. The number of benzene rings is 7. The number of allylic oxidation sites excluding steroid dienone is 2. The Bertz CT molecular complexity index is 2790. The normalized spacial score (nSPS) is 11.5. The molecule has 0 aliphatic rings. The van der Waals surface area contributed by atoms with Crippen molar-refractivity contribution < 1.29 is 0 Å². The van der Waals surface area contributed by atoms with E-state index in [0.717, 1.165) is 77.2 Å². The van der Waals surface area contributed by atoms with Crippen molar-refractivity contribution in [1.82, 2.24) is 9.13 Å². The average molecular weight is 667 g/mol. The van der Waals surface area contributed by atoms with Crippen molar-refractivity contribution in [2.45, 2.75) is 6.92 Å². The molecule has 246 valence electrons. The fourth-order valence-corrected chi connectivity index (χ4v) is 7.68. The van der Waals surface area contributed by atoms with Crippen LogP contribution in [0.4, 0.5) is 5.69 Å². The van der Waals surface area contributed by atoms with Gasteiger partial charge in [-0.2, -0.15) is 5.26 Å². The molecule has 4 heteroatoms. The van der Waals surface area contributed by atoms with Crippen LogP contribution in [0.5, 0.6) is 0 Å². The molecule has 2 heterocycles. The molecule has 0 aliphatic carbocycles. The van der Waals surface area contributed by atoms with Gasteiger partial charge >= 0.3 is 0 Å². The van der Waals surface area contributed by atoms with E-state index in [4.69, 9.17) is 0 Å². The number of nitriles is 1. The Hall–Kier alpha value is -7.09. The first kappa shape index (κ1) is 30.9. The average Bonchev–Trinajstić information content (AvgIpc) is 3.70. The number of nitrogens with one attached hydrogen (secondary N) is 1. The number of hydrogen-bond acceptors (Lipinski definition) is 2. The SMILES string of the molecule is C=C(/C=C\C)Nc1c(-n2c3ccc(-c4ccccc4)cc3c3cc(-c4ccccc4)ccc32)cc2c3ccccc3n(-c3ccccc3)c2c1C#N. The molecule has 52 heavy (non-hydrogen) atoms. The van der Waals surface area contributed by atoms with Gasteiger partial charge in [0.2, 0.25) is 0 Å². The topological polar surface area (TPSA) is 45.7 Å². The number of para-hydroxylation sites is 2. The minimum atomic E-state index is 0.551. The van der Waals surface area contributed by atoms with Crippen molar-refractivity contribution in [3.63, 3.8) is 0 Å². The molecular weight excluding hydrogens is 633 g/mol. The molecule has 0 radical (unpaired) electrons. The van der Waals surface area contributed by atoms with Crippen molar-refractivity contribution in [3.8, 4) is 39.7 Å². The van der Waals surface area contributed by atoms with Crippen LogP contribution in [0.15, 0.2) is 182 Å². The summed E-state index contributed by atoms with van der Waals surface area (Å²) in [5.74, 6) is 0. The molecule has 0 fully saturated rings. The second kappa shape index (κ2) is 12.7. The third-order valence-corrected chi connectivity index (χ3v) is 9.94. The number of fused-ring (bicyclic) bond motifs is 6. The Balaban J connectivity index is 1.43. The molecule has 0 unspecified atom stereocenters. The molecule has 0 saturated carbocycles. The van der Waals surface area contributed by atoms with Gasteiger partial charge in [0.25, 0.3) is 0 Å². The van der Waals surface area contributed by atoms with Gasteiger partial charge in [0.15, 0.2) is 0 Å². The van der Waals surface area contributed by atoms with E-state index in [1.807, 2.05) is 49.4 Å². The van der Waals surface area contributed by atoms with Crippen LogP contribution in [0.25, 0.3) is 77.2 Å². The highest BCUT2D eigenvalue weighted by Crippen LogP contribution is 2.44. The minimum absolute atomic E-state index is 0.551. The Morgan fingerprint density at radius 2 is 1.12 bits per heavy atom. The Morgan fingerprint density at radius 3 is 1.69 bits per heavy atom. The molecule has 0 amide bonds. The van der Waals surface area contributed by atoms with E-state index in [2.05, 4.69) is 154 Å². The molecule has 4 nitrogen and oxygen atoms in total. The summed E-state index contributed by atoms with van der Waals surface area (Å²) in [5, 5.41) is 19.1. The number of aromatic nitrogens is 2. The van der Waals surface area contributed by atoms with Gasteiger partial charge in [-0.25, -0.2) is 0 Å². The molecule has 0 spiro atoms. The van der Waals surface area contributed by atoms with Crippen LogP contribution in [-0.2, 0) is 0 Å². The van der Waals surface area contributed by atoms with Crippen LogP contribution < -0.4 is 5.32 Å². The Morgan fingerprint density at radius 1 is 0.577 bits per heavy atom. The lowest BCUT2D eigenvalue weighted by molar-refractivity contribution is 1.16. The first-order valence-corrected chi connectivity index (χ1v) is 17.5.